The molecule has 8 nitrogen and oxygen atoms in total. The molecule has 1 aliphatic rings. The maximum Gasteiger partial charge on any atom is 0.324 e. The second kappa shape index (κ2) is 8.41. The number of fused-ring (bicyclic) bond motifs is 1. The van der Waals surface area contributed by atoms with Crippen molar-refractivity contribution in [2.75, 3.05) is 6.54 Å². The zero-order chi connectivity index (χ0) is 22.2. The molecule has 0 radical (unpaired) electrons. The lowest BCUT2D eigenvalue weighted by atomic mass is 10.2. The van der Waals surface area contributed by atoms with E-state index in [1.54, 1.807) is 24.3 Å². The van der Waals surface area contributed by atoms with Gasteiger partial charge in [-0.2, -0.15) is 4.31 Å². The summed E-state index contributed by atoms with van der Waals surface area (Å²) in [5.74, 6) is -0.661. The highest BCUT2D eigenvalue weighted by Gasteiger charge is 2.40. The zero-order valence-corrected chi connectivity index (χ0v) is 18.3. The Balaban J connectivity index is 1.50. The van der Waals surface area contributed by atoms with Crippen LogP contribution in [-0.2, 0) is 26.2 Å². The van der Waals surface area contributed by atoms with Gasteiger partial charge in [-0.1, -0.05) is 29.3 Å². The summed E-state index contributed by atoms with van der Waals surface area (Å²) in [6.07, 6.45) is 2.38. The van der Waals surface area contributed by atoms with Crippen LogP contribution in [0, 0.1) is 6.92 Å². The predicted octanol–water partition coefficient (Wildman–Crippen LogP) is 2.55. The first-order chi connectivity index (χ1) is 14.8. The molecule has 31 heavy (non-hydrogen) atoms. The molecule has 1 fully saturated rings. The molecule has 0 saturated carbocycles. The summed E-state index contributed by atoms with van der Waals surface area (Å²) >= 11 is 5.90. The highest BCUT2D eigenvalue weighted by Crippen LogP contribution is 2.27. The van der Waals surface area contributed by atoms with E-state index in [1.807, 2.05) is 6.92 Å². The van der Waals surface area contributed by atoms with Crippen molar-refractivity contribution in [3.05, 3.63) is 75.3 Å². The van der Waals surface area contributed by atoms with Crippen LogP contribution in [0.4, 0.5) is 0 Å². The average Bonchev–Trinajstić information content (AvgIpc) is 3.24. The third-order valence-corrected chi connectivity index (χ3v) is 7.29. The van der Waals surface area contributed by atoms with Crippen LogP contribution < -0.4 is 5.56 Å². The van der Waals surface area contributed by atoms with Crippen molar-refractivity contribution in [1.29, 1.82) is 0 Å². The number of carbonyl (C=O) groups excluding carboxylic acids is 1. The average molecular weight is 462 g/mol. The molecule has 1 atom stereocenters. The summed E-state index contributed by atoms with van der Waals surface area (Å²) in [4.78, 5) is 29.4. The number of rotatable bonds is 5. The number of halogens is 1. The maximum atomic E-state index is 13.0. The number of esters is 1. The van der Waals surface area contributed by atoms with E-state index in [0.717, 1.165) is 5.56 Å². The number of aromatic nitrogens is 2. The van der Waals surface area contributed by atoms with Gasteiger partial charge in [0.15, 0.2) is 0 Å². The van der Waals surface area contributed by atoms with Crippen LogP contribution >= 0.6 is 11.6 Å². The van der Waals surface area contributed by atoms with Gasteiger partial charge in [-0.15, -0.1) is 0 Å². The Hall–Kier alpha value is -2.75. The van der Waals surface area contributed by atoms with Crippen LogP contribution in [0.3, 0.4) is 0 Å². The van der Waals surface area contributed by atoms with Gasteiger partial charge >= 0.3 is 5.97 Å². The first kappa shape index (κ1) is 21.5. The molecule has 1 aromatic carbocycles. The van der Waals surface area contributed by atoms with Gasteiger partial charge in [-0.3, -0.25) is 14.0 Å². The number of hydrogen-bond acceptors (Lipinski definition) is 6. The molecule has 0 amide bonds. The van der Waals surface area contributed by atoms with Gasteiger partial charge in [0.2, 0.25) is 10.0 Å². The van der Waals surface area contributed by atoms with Gasteiger partial charge in [0.05, 0.1) is 15.6 Å². The molecule has 0 spiro atoms. The highest BCUT2D eigenvalue weighted by molar-refractivity contribution is 7.89. The van der Waals surface area contributed by atoms with Gasteiger partial charge < -0.3 is 4.74 Å². The lowest BCUT2D eigenvalue weighted by Crippen LogP contribution is -2.41. The molecule has 0 unspecified atom stereocenters. The second-order valence-corrected chi connectivity index (χ2v) is 9.68. The number of hydrogen-bond donors (Lipinski definition) is 0. The van der Waals surface area contributed by atoms with E-state index in [9.17, 15) is 18.0 Å². The molecule has 0 N–H and O–H groups in total. The van der Waals surface area contributed by atoms with E-state index in [2.05, 4.69) is 4.98 Å². The van der Waals surface area contributed by atoms with E-state index in [0.29, 0.717) is 23.5 Å². The zero-order valence-electron chi connectivity index (χ0n) is 16.7. The lowest BCUT2D eigenvalue weighted by Gasteiger charge is -2.22. The summed E-state index contributed by atoms with van der Waals surface area (Å²) in [6.45, 7) is 1.88. The number of benzene rings is 1. The fourth-order valence-corrected chi connectivity index (χ4v) is 5.36. The lowest BCUT2D eigenvalue weighted by molar-refractivity contribution is -0.148. The number of sulfonamides is 1. The van der Waals surface area contributed by atoms with E-state index in [1.165, 1.54) is 33.1 Å². The smallest absolute Gasteiger partial charge is 0.324 e. The van der Waals surface area contributed by atoms with Crippen molar-refractivity contribution < 1.29 is 17.9 Å². The quantitative estimate of drug-likeness (QED) is 0.541. The van der Waals surface area contributed by atoms with Crippen LogP contribution in [0.2, 0.25) is 5.02 Å². The number of aryl methyl sites for hydroxylation is 1. The Kier molecular flexibility index (Phi) is 5.83. The molecule has 3 heterocycles. The summed E-state index contributed by atoms with van der Waals surface area (Å²) in [5.41, 5.74) is 1.22. The van der Waals surface area contributed by atoms with Crippen molar-refractivity contribution in [3.8, 4) is 0 Å². The van der Waals surface area contributed by atoms with Crippen LogP contribution in [0.5, 0.6) is 0 Å². The summed E-state index contributed by atoms with van der Waals surface area (Å²) in [6, 6.07) is 10.0. The third kappa shape index (κ3) is 4.34. The predicted molar refractivity (Wildman–Crippen MR) is 114 cm³/mol. The minimum absolute atomic E-state index is 0.140. The molecule has 162 valence electrons. The maximum absolute atomic E-state index is 13.0. The second-order valence-electron chi connectivity index (χ2n) is 7.36. The summed E-state index contributed by atoms with van der Waals surface area (Å²) in [5, 5.41) is 0.395. The van der Waals surface area contributed by atoms with Crippen LogP contribution in [0.25, 0.3) is 5.65 Å². The van der Waals surface area contributed by atoms with Crippen LogP contribution in [0.1, 0.15) is 24.1 Å². The summed E-state index contributed by atoms with van der Waals surface area (Å²) in [7, 11) is -3.82. The number of carbonyl (C=O) groups is 1. The molecule has 4 rings (SSSR count). The first-order valence-corrected chi connectivity index (χ1v) is 11.5. The van der Waals surface area contributed by atoms with Crippen molar-refractivity contribution >= 4 is 33.2 Å². The van der Waals surface area contributed by atoms with Gasteiger partial charge in [0.1, 0.15) is 18.3 Å². The molecule has 0 aliphatic carbocycles. The largest absolute Gasteiger partial charge is 0.458 e. The minimum atomic E-state index is -3.82. The Labute approximate surface area is 184 Å². The van der Waals surface area contributed by atoms with E-state index < -0.39 is 22.0 Å². The minimum Gasteiger partial charge on any atom is -0.458 e. The van der Waals surface area contributed by atoms with Crippen molar-refractivity contribution in [2.45, 2.75) is 37.3 Å². The Morgan fingerprint density at radius 3 is 2.71 bits per heavy atom. The molecule has 0 bridgehead atoms. The molecule has 1 aliphatic heterocycles. The first-order valence-electron chi connectivity index (χ1n) is 9.69. The number of pyridine rings is 1. The standard InChI is InChI=1S/C21H20ClN3O5S/c1-14-4-7-17(8-5-14)31(28,29)25-10-2-3-18(25)21(27)30-13-16-11-20(26)24-12-15(22)6-9-19(24)23-16/h4-9,11-12,18H,2-3,10,13H2,1H3/t18-/m0/s1. The third-order valence-electron chi connectivity index (χ3n) is 5.14. The van der Waals surface area contributed by atoms with Crippen molar-refractivity contribution in [3.63, 3.8) is 0 Å². The summed E-state index contributed by atoms with van der Waals surface area (Å²) < 4.78 is 33.8. The Morgan fingerprint density at radius 1 is 1.23 bits per heavy atom. The molecular weight excluding hydrogens is 442 g/mol. The van der Waals surface area contributed by atoms with Crippen molar-refractivity contribution in [2.24, 2.45) is 0 Å². The van der Waals surface area contributed by atoms with E-state index in [4.69, 9.17) is 16.3 Å². The molecule has 2 aromatic heterocycles. The topological polar surface area (TPSA) is 98.0 Å². The van der Waals surface area contributed by atoms with E-state index in [-0.39, 0.29) is 29.3 Å². The fraction of sp³-hybridized carbons (Fsp3) is 0.286. The molecule has 1 saturated heterocycles. The van der Waals surface area contributed by atoms with Crippen LogP contribution in [0.15, 0.2) is 58.4 Å². The van der Waals surface area contributed by atoms with E-state index >= 15 is 0 Å². The van der Waals surface area contributed by atoms with Crippen LogP contribution in [-0.4, -0.2) is 40.7 Å². The molecule has 3 aromatic rings. The van der Waals surface area contributed by atoms with Gasteiger partial charge in [0, 0.05) is 18.8 Å². The van der Waals surface area contributed by atoms with Gasteiger partial charge in [-0.05, 0) is 44.0 Å². The monoisotopic (exact) mass is 461 g/mol. The van der Waals surface area contributed by atoms with Gasteiger partial charge in [-0.25, -0.2) is 13.4 Å². The SMILES string of the molecule is Cc1ccc(S(=O)(=O)N2CCC[C@H]2C(=O)OCc2cc(=O)n3cc(Cl)ccc3n2)cc1. The Bertz CT molecular complexity index is 1300. The molecular formula is C21H20ClN3O5S. The van der Waals surface area contributed by atoms with Crippen molar-refractivity contribution in [1.82, 2.24) is 13.7 Å². The number of ether oxygens (including phenoxy) is 1. The number of nitrogens with zero attached hydrogens (tertiary/aromatic N) is 3. The fourth-order valence-electron chi connectivity index (χ4n) is 3.55. The normalized spacial score (nSPS) is 17.2. The Morgan fingerprint density at radius 2 is 1.97 bits per heavy atom. The highest BCUT2D eigenvalue weighted by atomic mass is 35.5. The van der Waals surface area contributed by atoms with Gasteiger partial charge in [0.25, 0.3) is 5.56 Å². The molecule has 10 heteroatoms.